The molecule has 5 heteroatoms. The quantitative estimate of drug-likeness (QED) is 0.468. The van der Waals surface area contributed by atoms with E-state index in [1.54, 1.807) is 55.6 Å². The van der Waals surface area contributed by atoms with Crippen molar-refractivity contribution >= 4 is 17.7 Å². The number of benzene rings is 3. The van der Waals surface area contributed by atoms with Crippen molar-refractivity contribution in [3.05, 3.63) is 95.6 Å². The number of nitrogens with one attached hydrogen (secondary N) is 1. The molecule has 0 aromatic heterocycles. The van der Waals surface area contributed by atoms with Crippen molar-refractivity contribution in [2.45, 2.75) is 6.61 Å². The molecule has 0 spiro atoms. The smallest absolute Gasteiger partial charge is 0.266 e. The summed E-state index contributed by atoms with van der Waals surface area (Å²) in [6.07, 6.45) is 1.52. The van der Waals surface area contributed by atoms with Crippen molar-refractivity contribution in [1.29, 1.82) is 5.26 Å². The largest absolute Gasteiger partial charge is 0.497 e. The molecule has 0 saturated carbocycles. The van der Waals surface area contributed by atoms with Gasteiger partial charge in [0.15, 0.2) is 0 Å². The number of amides is 1. The molecule has 5 nitrogen and oxygen atoms in total. The predicted molar refractivity (Wildman–Crippen MR) is 112 cm³/mol. The maximum atomic E-state index is 12.4. The molecule has 0 aliphatic rings. The summed E-state index contributed by atoms with van der Waals surface area (Å²) in [5.74, 6) is 0.870. The molecule has 29 heavy (non-hydrogen) atoms. The second-order valence-corrected chi connectivity index (χ2v) is 6.20. The van der Waals surface area contributed by atoms with E-state index in [9.17, 15) is 10.1 Å². The SMILES string of the molecule is COc1cccc(/C=C(\C#N)C(=O)Nc2ccc(OCc3ccccc3)cc2)c1. The van der Waals surface area contributed by atoms with Gasteiger partial charge in [0.2, 0.25) is 0 Å². The number of carbonyl (C=O) groups excluding carboxylic acids is 1. The highest BCUT2D eigenvalue weighted by Gasteiger charge is 2.10. The minimum Gasteiger partial charge on any atom is -0.497 e. The van der Waals surface area contributed by atoms with Crippen LogP contribution in [0.5, 0.6) is 11.5 Å². The molecule has 0 bridgehead atoms. The van der Waals surface area contributed by atoms with E-state index < -0.39 is 5.91 Å². The number of anilines is 1. The third-order valence-electron chi connectivity index (χ3n) is 4.13. The molecule has 0 unspecified atom stereocenters. The number of rotatable bonds is 7. The summed E-state index contributed by atoms with van der Waals surface area (Å²) in [6.45, 7) is 0.467. The molecule has 0 atom stereocenters. The Kier molecular flexibility index (Phi) is 6.64. The lowest BCUT2D eigenvalue weighted by Gasteiger charge is -2.08. The highest BCUT2D eigenvalue weighted by Crippen LogP contribution is 2.19. The number of carbonyl (C=O) groups is 1. The molecule has 3 rings (SSSR count). The van der Waals surface area contributed by atoms with Gasteiger partial charge in [-0.3, -0.25) is 4.79 Å². The van der Waals surface area contributed by atoms with E-state index in [0.29, 0.717) is 29.4 Å². The lowest BCUT2D eigenvalue weighted by molar-refractivity contribution is -0.112. The minimum atomic E-state index is -0.478. The third-order valence-corrected chi connectivity index (χ3v) is 4.13. The third kappa shape index (κ3) is 5.72. The molecule has 3 aromatic carbocycles. The number of methoxy groups -OCH3 is 1. The Bertz CT molecular complexity index is 1040. The standard InChI is InChI=1S/C24H20N2O3/c1-28-23-9-5-8-19(15-23)14-20(16-25)24(27)26-21-10-12-22(13-11-21)29-17-18-6-3-2-4-7-18/h2-15H,17H2,1H3,(H,26,27)/b20-14+. The first-order valence-electron chi connectivity index (χ1n) is 9.02. The van der Waals surface area contributed by atoms with Crippen LogP contribution >= 0.6 is 0 Å². The normalized spacial score (nSPS) is 10.7. The molecule has 1 amide bonds. The van der Waals surface area contributed by atoms with E-state index >= 15 is 0 Å². The molecule has 0 radical (unpaired) electrons. The molecule has 1 N–H and O–H groups in total. The van der Waals surface area contributed by atoms with Crippen LogP contribution in [0.25, 0.3) is 6.08 Å². The summed E-state index contributed by atoms with van der Waals surface area (Å²) in [5.41, 5.74) is 2.36. The number of hydrogen-bond donors (Lipinski definition) is 1. The van der Waals surface area contributed by atoms with Gasteiger partial charge in [0, 0.05) is 5.69 Å². The highest BCUT2D eigenvalue weighted by atomic mass is 16.5. The zero-order valence-electron chi connectivity index (χ0n) is 16.0. The maximum Gasteiger partial charge on any atom is 0.266 e. The summed E-state index contributed by atoms with van der Waals surface area (Å²) in [4.78, 5) is 12.4. The number of ether oxygens (including phenoxy) is 2. The average molecular weight is 384 g/mol. The Hall–Kier alpha value is -4.04. The van der Waals surface area contributed by atoms with Gasteiger partial charge in [-0.05, 0) is 53.6 Å². The van der Waals surface area contributed by atoms with Gasteiger partial charge < -0.3 is 14.8 Å². The first-order chi connectivity index (χ1) is 14.2. The fourth-order valence-electron chi connectivity index (χ4n) is 2.62. The number of nitrogens with zero attached hydrogens (tertiary/aromatic N) is 1. The van der Waals surface area contributed by atoms with Crippen LogP contribution in [0.4, 0.5) is 5.69 Å². The van der Waals surface area contributed by atoms with Crippen molar-refractivity contribution in [3.63, 3.8) is 0 Å². The number of nitriles is 1. The van der Waals surface area contributed by atoms with E-state index in [4.69, 9.17) is 9.47 Å². The van der Waals surface area contributed by atoms with E-state index in [1.807, 2.05) is 36.4 Å². The van der Waals surface area contributed by atoms with Gasteiger partial charge in [-0.2, -0.15) is 5.26 Å². The molecule has 0 heterocycles. The summed E-state index contributed by atoms with van der Waals surface area (Å²) in [7, 11) is 1.56. The van der Waals surface area contributed by atoms with Crippen molar-refractivity contribution in [3.8, 4) is 17.6 Å². The monoisotopic (exact) mass is 384 g/mol. The molecule has 0 aliphatic carbocycles. The van der Waals surface area contributed by atoms with Crippen LogP contribution in [-0.2, 0) is 11.4 Å². The van der Waals surface area contributed by atoms with Gasteiger partial charge in [0.05, 0.1) is 7.11 Å². The zero-order valence-corrected chi connectivity index (χ0v) is 16.0. The van der Waals surface area contributed by atoms with Crippen molar-refractivity contribution in [2.24, 2.45) is 0 Å². The Labute approximate surface area is 169 Å². The highest BCUT2D eigenvalue weighted by molar-refractivity contribution is 6.09. The molecule has 0 saturated heterocycles. The molecule has 0 aliphatic heterocycles. The van der Waals surface area contributed by atoms with Gasteiger partial charge in [-0.15, -0.1) is 0 Å². The topological polar surface area (TPSA) is 71.3 Å². The summed E-state index contributed by atoms with van der Waals surface area (Å²) in [6, 6.07) is 26.0. The van der Waals surface area contributed by atoms with Gasteiger partial charge in [0.25, 0.3) is 5.91 Å². The lowest BCUT2D eigenvalue weighted by Crippen LogP contribution is -2.13. The fourth-order valence-corrected chi connectivity index (χ4v) is 2.62. The second-order valence-electron chi connectivity index (χ2n) is 6.20. The molecule has 144 valence electrons. The first-order valence-corrected chi connectivity index (χ1v) is 9.02. The Balaban J connectivity index is 1.63. The van der Waals surface area contributed by atoms with Crippen LogP contribution in [0.2, 0.25) is 0 Å². The Morgan fingerprint density at radius 1 is 1.00 bits per heavy atom. The van der Waals surface area contributed by atoms with E-state index in [1.165, 1.54) is 6.08 Å². The van der Waals surface area contributed by atoms with Crippen molar-refractivity contribution < 1.29 is 14.3 Å². The van der Waals surface area contributed by atoms with Crippen LogP contribution in [-0.4, -0.2) is 13.0 Å². The van der Waals surface area contributed by atoms with E-state index in [-0.39, 0.29) is 5.57 Å². The lowest BCUT2D eigenvalue weighted by atomic mass is 10.1. The average Bonchev–Trinajstić information content (AvgIpc) is 2.77. The Morgan fingerprint density at radius 2 is 1.76 bits per heavy atom. The van der Waals surface area contributed by atoms with Crippen molar-refractivity contribution in [1.82, 2.24) is 0 Å². The van der Waals surface area contributed by atoms with Gasteiger partial charge in [-0.25, -0.2) is 0 Å². The maximum absolute atomic E-state index is 12.4. The van der Waals surface area contributed by atoms with Crippen LogP contribution in [0.15, 0.2) is 84.4 Å². The van der Waals surface area contributed by atoms with Crippen LogP contribution in [0.1, 0.15) is 11.1 Å². The summed E-state index contributed by atoms with van der Waals surface area (Å²) >= 11 is 0. The zero-order chi connectivity index (χ0) is 20.5. The molecule has 0 fully saturated rings. The number of hydrogen-bond acceptors (Lipinski definition) is 4. The van der Waals surface area contributed by atoms with Gasteiger partial charge in [-0.1, -0.05) is 42.5 Å². The predicted octanol–water partition coefficient (Wildman–Crippen LogP) is 4.82. The summed E-state index contributed by atoms with van der Waals surface area (Å²) < 4.78 is 10.9. The molecular formula is C24H20N2O3. The Morgan fingerprint density at radius 3 is 2.45 bits per heavy atom. The second kappa shape index (κ2) is 9.77. The molecule has 3 aromatic rings. The van der Waals surface area contributed by atoms with Crippen LogP contribution < -0.4 is 14.8 Å². The van der Waals surface area contributed by atoms with Crippen LogP contribution in [0.3, 0.4) is 0 Å². The van der Waals surface area contributed by atoms with E-state index in [2.05, 4.69) is 5.32 Å². The van der Waals surface area contributed by atoms with Crippen molar-refractivity contribution in [2.75, 3.05) is 12.4 Å². The van der Waals surface area contributed by atoms with Gasteiger partial charge in [0.1, 0.15) is 29.7 Å². The van der Waals surface area contributed by atoms with Crippen LogP contribution in [0, 0.1) is 11.3 Å². The summed E-state index contributed by atoms with van der Waals surface area (Å²) in [5, 5.41) is 12.1. The fraction of sp³-hybridized carbons (Fsp3) is 0.0833. The molecular weight excluding hydrogens is 364 g/mol. The first kappa shape index (κ1) is 19.7. The minimum absolute atomic E-state index is 0.00246. The van der Waals surface area contributed by atoms with Gasteiger partial charge >= 0.3 is 0 Å². The van der Waals surface area contributed by atoms with E-state index in [0.717, 1.165) is 5.56 Å².